The second-order valence-corrected chi connectivity index (χ2v) is 10.3. The third-order valence-electron chi connectivity index (χ3n) is 7.54. The lowest BCUT2D eigenvalue weighted by atomic mass is 9.92. The van der Waals surface area contributed by atoms with Gasteiger partial charge in [-0.15, -0.1) is 0 Å². The molecule has 0 saturated heterocycles. The molecule has 1 N–H and O–H groups in total. The normalized spacial score (nSPS) is 19.2. The minimum Gasteiger partial charge on any atom is -0.489 e. The van der Waals surface area contributed by atoms with Crippen LogP contribution in [0.1, 0.15) is 61.0 Å². The topological polar surface area (TPSA) is 76.1 Å². The lowest BCUT2D eigenvalue weighted by Gasteiger charge is -2.39. The summed E-state index contributed by atoms with van der Waals surface area (Å²) in [7, 11) is 0. The average molecular weight is 500 g/mol. The van der Waals surface area contributed by atoms with Gasteiger partial charge in [-0.2, -0.15) is 0 Å². The van der Waals surface area contributed by atoms with Crippen LogP contribution in [-0.4, -0.2) is 33.5 Å². The van der Waals surface area contributed by atoms with Crippen LogP contribution in [0.25, 0.3) is 0 Å². The van der Waals surface area contributed by atoms with Gasteiger partial charge in [-0.25, -0.2) is 4.79 Å². The van der Waals surface area contributed by atoms with Crippen molar-refractivity contribution in [3.8, 4) is 5.75 Å². The number of benzene rings is 3. The standard InChI is InChI=1S/C31H33NO5/c1-31(17-8-9-18-31)37-28(23-13-6-3-7-14-23)29(33)32-20-24-15-10-16-27(25(24)19-26(32)30(34)35)36-21-22-11-4-2-5-12-22/h2-7,10-16,26,28H,8-9,17-21H2,1H3,(H,34,35)/t26-,28+/m1/s1. The molecule has 1 fully saturated rings. The van der Waals surface area contributed by atoms with E-state index in [-0.39, 0.29) is 18.9 Å². The molecule has 5 rings (SSSR count). The predicted molar refractivity (Wildman–Crippen MR) is 140 cm³/mol. The number of rotatable bonds is 8. The van der Waals surface area contributed by atoms with Crippen LogP contribution in [0.4, 0.5) is 0 Å². The molecule has 3 aromatic rings. The van der Waals surface area contributed by atoms with E-state index in [1.807, 2.05) is 78.9 Å². The molecule has 1 aliphatic carbocycles. The molecule has 6 heteroatoms. The van der Waals surface area contributed by atoms with Gasteiger partial charge in [-0.05, 0) is 42.5 Å². The summed E-state index contributed by atoms with van der Waals surface area (Å²) < 4.78 is 12.6. The van der Waals surface area contributed by atoms with Crippen LogP contribution in [0.5, 0.6) is 5.75 Å². The molecular weight excluding hydrogens is 466 g/mol. The van der Waals surface area contributed by atoms with E-state index in [4.69, 9.17) is 9.47 Å². The maximum Gasteiger partial charge on any atom is 0.326 e. The van der Waals surface area contributed by atoms with Crippen LogP contribution >= 0.6 is 0 Å². The van der Waals surface area contributed by atoms with Gasteiger partial charge < -0.3 is 19.5 Å². The van der Waals surface area contributed by atoms with Gasteiger partial charge in [-0.1, -0.05) is 85.6 Å². The number of carboxylic acid groups (broad SMARTS) is 1. The Morgan fingerprint density at radius 3 is 2.32 bits per heavy atom. The van der Waals surface area contributed by atoms with Crippen molar-refractivity contribution in [1.29, 1.82) is 0 Å². The monoisotopic (exact) mass is 499 g/mol. The van der Waals surface area contributed by atoms with E-state index in [0.717, 1.165) is 47.9 Å². The first-order chi connectivity index (χ1) is 17.9. The lowest BCUT2D eigenvalue weighted by Crippen LogP contribution is -2.51. The Morgan fingerprint density at radius 1 is 0.973 bits per heavy atom. The van der Waals surface area contributed by atoms with E-state index in [9.17, 15) is 14.7 Å². The Hall–Kier alpha value is -3.64. The summed E-state index contributed by atoms with van der Waals surface area (Å²) in [6.07, 6.45) is 3.22. The smallest absolute Gasteiger partial charge is 0.326 e. The van der Waals surface area contributed by atoms with E-state index < -0.39 is 23.7 Å². The van der Waals surface area contributed by atoms with Crippen LogP contribution in [0, 0.1) is 0 Å². The first-order valence-corrected chi connectivity index (χ1v) is 13.0. The molecule has 37 heavy (non-hydrogen) atoms. The third-order valence-corrected chi connectivity index (χ3v) is 7.54. The number of nitrogens with zero attached hydrogens (tertiary/aromatic N) is 1. The third kappa shape index (κ3) is 5.54. The Labute approximate surface area is 217 Å². The molecule has 1 saturated carbocycles. The average Bonchev–Trinajstić information content (AvgIpc) is 3.36. The van der Waals surface area contributed by atoms with Gasteiger partial charge in [-0.3, -0.25) is 4.79 Å². The molecule has 6 nitrogen and oxygen atoms in total. The van der Waals surface area contributed by atoms with E-state index in [0.29, 0.717) is 12.4 Å². The number of fused-ring (bicyclic) bond motifs is 1. The van der Waals surface area contributed by atoms with Crippen LogP contribution < -0.4 is 4.74 Å². The van der Waals surface area contributed by atoms with Gasteiger partial charge in [0.15, 0.2) is 6.10 Å². The van der Waals surface area contributed by atoms with Crippen LogP contribution in [0.3, 0.4) is 0 Å². The first kappa shape index (κ1) is 25.0. The van der Waals surface area contributed by atoms with Crippen molar-refractivity contribution in [1.82, 2.24) is 4.90 Å². The Morgan fingerprint density at radius 2 is 1.65 bits per heavy atom. The van der Waals surface area contributed by atoms with Gasteiger partial charge in [0.25, 0.3) is 5.91 Å². The van der Waals surface area contributed by atoms with Crippen LogP contribution in [0.15, 0.2) is 78.9 Å². The quantitative estimate of drug-likeness (QED) is 0.431. The van der Waals surface area contributed by atoms with Gasteiger partial charge in [0, 0.05) is 18.5 Å². The maximum absolute atomic E-state index is 14.1. The van der Waals surface area contributed by atoms with Gasteiger partial charge in [0.05, 0.1) is 5.60 Å². The fraction of sp³-hybridized carbons (Fsp3) is 0.355. The van der Waals surface area contributed by atoms with Crippen molar-refractivity contribution >= 4 is 11.9 Å². The number of carbonyl (C=O) groups excluding carboxylic acids is 1. The fourth-order valence-corrected chi connectivity index (χ4v) is 5.48. The molecule has 1 amide bonds. The molecule has 2 aliphatic rings. The SMILES string of the molecule is CC1(O[C@H](C(=O)N2Cc3cccc(OCc4ccccc4)c3C[C@@H]2C(=O)O)c2ccccc2)CCCC1. The molecule has 1 aliphatic heterocycles. The second-order valence-electron chi connectivity index (χ2n) is 10.3. The fourth-order valence-electron chi connectivity index (χ4n) is 5.48. The van der Waals surface area contributed by atoms with Crippen molar-refractivity contribution in [2.24, 2.45) is 0 Å². The molecule has 0 spiro atoms. The van der Waals surface area contributed by atoms with Crippen molar-refractivity contribution < 1.29 is 24.2 Å². The summed E-state index contributed by atoms with van der Waals surface area (Å²) in [6, 6.07) is 24.0. The minimum atomic E-state index is -1.03. The Kier molecular flexibility index (Phi) is 7.28. The number of ether oxygens (including phenoxy) is 2. The van der Waals surface area contributed by atoms with Gasteiger partial charge >= 0.3 is 5.97 Å². The summed E-state index contributed by atoms with van der Waals surface area (Å²) in [5.74, 6) is -0.683. The zero-order chi connectivity index (χ0) is 25.8. The summed E-state index contributed by atoms with van der Waals surface area (Å²) >= 11 is 0. The predicted octanol–water partition coefficient (Wildman–Crippen LogP) is 5.69. The summed E-state index contributed by atoms with van der Waals surface area (Å²) in [6.45, 7) is 2.64. The van der Waals surface area contributed by atoms with Crippen molar-refractivity contribution in [2.45, 2.75) is 69.9 Å². The molecule has 0 aromatic heterocycles. The molecule has 0 unspecified atom stereocenters. The van der Waals surface area contributed by atoms with Gasteiger partial charge in [0.1, 0.15) is 18.4 Å². The largest absolute Gasteiger partial charge is 0.489 e. The minimum absolute atomic E-state index is 0.181. The van der Waals surface area contributed by atoms with Crippen molar-refractivity contribution in [2.75, 3.05) is 0 Å². The van der Waals surface area contributed by atoms with E-state index >= 15 is 0 Å². The summed E-state index contributed by atoms with van der Waals surface area (Å²) in [5.41, 5.74) is 3.12. The van der Waals surface area contributed by atoms with E-state index in [1.165, 1.54) is 4.90 Å². The maximum atomic E-state index is 14.1. The number of carbonyl (C=O) groups is 2. The lowest BCUT2D eigenvalue weighted by molar-refractivity contribution is -0.166. The molecule has 1 heterocycles. The first-order valence-electron chi connectivity index (χ1n) is 13.0. The molecule has 192 valence electrons. The molecule has 3 aromatic carbocycles. The van der Waals surface area contributed by atoms with E-state index in [1.54, 1.807) is 0 Å². The van der Waals surface area contributed by atoms with Crippen molar-refractivity contribution in [3.63, 3.8) is 0 Å². The zero-order valence-electron chi connectivity index (χ0n) is 21.1. The summed E-state index contributed by atoms with van der Waals surface area (Å²) in [5, 5.41) is 10.2. The highest BCUT2D eigenvalue weighted by atomic mass is 16.5. The highest BCUT2D eigenvalue weighted by molar-refractivity contribution is 5.88. The van der Waals surface area contributed by atoms with Crippen molar-refractivity contribution in [3.05, 3.63) is 101 Å². The van der Waals surface area contributed by atoms with Crippen LogP contribution in [0.2, 0.25) is 0 Å². The number of aliphatic carboxylic acids is 1. The van der Waals surface area contributed by atoms with E-state index in [2.05, 4.69) is 6.92 Å². The highest BCUT2D eigenvalue weighted by Crippen LogP contribution is 2.39. The highest BCUT2D eigenvalue weighted by Gasteiger charge is 2.42. The zero-order valence-corrected chi connectivity index (χ0v) is 21.1. The Balaban J connectivity index is 1.43. The molecular formula is C31H33NO5. The number of amides is 1. The summed E-state index contributed by atoms with van der Waals surface area (Å²) in [4.78, 5) is 28.0. The molecule has 0 radical (unpaired) electrons. The number of carboxylic acids is 1. The van der Waals surface area contributed by atoms with Crippen LogP contribution in [-0.2, 0) is 33.9 Å². The second kappa shape index (κ2) is 10.8. The Bertz CT molecular complexity index is 1240. The number of hydrogen-bond donors (Lipinski definition) is 1. The number of hydrogen-bond acceptors (Lipinski definition) is 4. The molecule has 2 atom stereocenters. The molecule has 0 bridgehead atoms. The van der Waals surface area contributed by atoms with Gasteiger partial charge in [0.2, 0.25) is 0 Å².